The molecule has 0 bridgehead atoms. The van der Waals surface area contributed by atoms with E-state index in [2.05, 4.69) is 22.4 Å². The number of aromatic nitrogens is 1. The molecule has 1 heterocycles. The van der Waals surface area contributed by atoms with Crippen LogP contribution in [-0.4, -0.2) is 30.6 Å². The number of fused-ring (bicyclic) bond motifs is 1. The Bertz CT molecular complexity index is 908. The van der Waals surface area contributed by atoms with Gasteiger partial charge >= 0.3 is 0 Å². The summed E-state index contributed by atoms with van der Waals surface area (Å²) in [5.41, 5.74) is 2.94. The van der Waals surface area contributed by atoms with Crippen LogP contribution in [0, 0.1) is 12.7 Å². The maximum Gasteiger partial charge on any atom is 0.252 e. The monoisotopic (exact) mass is 366 g/mol. The standard InChI is InChI=1S/C22H23FN2O2/c1-16-14-20(19-9-8-18(23)15-21(19)25-16)22(26)24-11-5-12-27-13-10-17-6-3-2-4-7-17/h2-4,6-9,14-15H,5,10-13H2,1H3,(H,24,26). The summed E-state index contributed by atoms with van der Waals surface area (Å²) in [4.78, 5) is 16.8. The molecule has 0 unspecified atom stereocenters. The third kappa shape index (κ3) is 5.34. The van der Waals surface area contributed by atoms with Crippen LogP contribution in [0.2, 0.25) is 0 Å². The Kier molecular flexibility index (Phi) is 6.49. The molecule has 0 radical (unpaired) electrons. The van der Waals surface area contributed by atoms with E-state index in [-0.39, 0.29) is 11.7 Å². The van der Waals surface area contributed by atoms with Gasteiger partial charge in [0, 0.05) is 30.3 Å². The molecule has 1 N–H and O–H groups in total. The second kappa shape index (κ2) is 9.24. The van der Waals surface area contributed by atoms with Gasteiger partial charge in [0.05, 0.1) is 17.7 Å². The van der Waals surface area contributed by atoms with Crippen molar-refractivity contribution in [1.82, 2.24) is 10.3 Å². The van der Waals surface area contributed by atoms with E-state index in [9.17, 15) is 9.18 Å². The van der Waals surface area contributed by atoms with Crippen molar-refractivity contribution in [1.29, 1.82) is 0 Å². The minimum absolute atomic E-state index is 0.179. The minimum Gasteiger partial charge on any atom is -0.381 e. The molecule has 0 aliphatic heterocycles. The zero-order valence-electron chi connectivity index (χ0n) is 15.4. The highest BCUT2D eigenvalue weighted by molar-refractivity contribution is 6.06. The van der Waals surface area contributed by atoms with E-state index in [0.717, 1.165) is 12.8 Å². The van der Waals surface area contributed by atoms with Gasteiger partial charge in [-0.15, -0.1) is 0 Å². The number of ether oxygens (including phenoxy) is 1. The van der Waals surface area contributed by atoms with Crippen molar-refractivity contribution < 1.29 is 13.9 Å². The second-order valence-electron chi connectivity index (χ2n) is 6.43. The molecule has 1 amide bonds. The number of halogens is 1. The number of benzene rings is 2. The van der Waals surface area contributed by atoms with E-state index in [0.29, 0.717) is 41.9 Å². The first kappa shape index (κ1) is 19.0. The molecule has 2 aromatic carbocycles. The smallest absolute Gasteiger partial charge is 0.252 e. The number of amides is 1. The van der Waals surface area contributed by atoms with Crippen molar-refractivity contribution in [3.8, 4) is 0 Å². The lowest BCUT2D eigenvalue weighted by Gasteiger charge is -2.09. The lowest BCUT2D eigenvalue weighted by atomic mass is 10.1. The largest absolute Gasteiger partial charge is 0.381 e. The van der Waals surface area contributed by atoms with E-state index >= 15 is 0 Å². The average molecular weight is 366 g/mol. The van der Waals surface area contributed by atoms with Crippen LogP contribution < -0.4 is 5.32 Å². The molecule has 0 saturated carbocycles. The molecule has 140 valence electrons. The quantitative estimate of drug-likeness (QED) is 0.612. The SMILES string of the molecule is Cc1cc(C(=O)NCCCOCCc2ccccc2)c2ccc(F)cc2n1. The molecule has 1 aromatic heterocycles. The number of aryl methyl sites for hydroxylation is 1. The zero-order chi connectivity index (χ0) is 19.1. The molecular formula is C22H23FN2O2. The fourth-order valence-corrected chi connectivity index (χ4v) is 2.93. The van der Waals surface area contributed by atoms with Gasteiger partial charge in [0.1, 0.15) is 5.82 Å². The van der Waals surface area contributed by atoms with Crippen LogP contribution in [0.5, 0.6) is 0 Å². The third-order valence-corrected chi connectivity index (χ3v) is 4.27. The molecule has 0 aliphatic carbocycles. The van der Waals surface area contributed by atoms with Crippen molar-refractivity contribution in [2.24, 2.45) is 0 Å². The van der Waals surface area contributed by atoms with Gasteiger partial charge in [-0.1, -0.05) is 30.3 Å². The van der Waals surface area contributed by atoms with Crippen LogP contribution in [-0.2, 0) is 11.2 Å². The Balaban J connectivity index is 1.45. The molecule has 4 nitrogen and oxygen atoms in total. The number of rotatable bonds is 8. The first-order chi connectivity index (χ1) is 13.1. The molecule has 0 saturated heterocycles. The molecule has 3 rings (SSSR count). The summed E-state index contributed by atoms with van der Waals surface area (Å²) >= 11 is 0. The number of hydrogen-bond donors (Lipinski definition) is 1. The molecule has 0 atom stereocenters. The van der Waals surface area contributed by atoms with Gasteiger partial charge in [-0.2, -0.15) is 0 Å². The van der Waals surface area contributed by atoms with E-state index in [1.165, 1.54) is 17.7 Å². The Morgan fingerprint density at radius 1 is 1.11 bits per heavy atom. The van der Waals surface area contributed by atoms with Gasteiger partial charge in [-0.3, -0.25) is 9.78 Å². The first-order valence-corrected chi connectivity index (χ1v) is 9.10. The van der Waals surface area contributed by atoms with E-state index < -0.39 is 0 Å². The van der Waals surface area contributed by atoms with Gasteiger partial charge in [0.15, 0.2) is 0 Å². The normalized spacial score (nSPS) is 10.9. The Labute approximate surface area is 158 Å². The van der Waals surface area contributed by atoms with E-state index in [1.807, 2.05) is 18.2 Å². The topological polar surface area (TPSA) is 51.2 Å². The predicted molar refractivity (Wildman–Crippen MR) is 104 cm³/mol. The van der Waals surface area contributed by atoms with Gasteiger partial charge in [-0.05, 0) is 43.5 Å². The van der Waals surface area contributed by atoms with Crippen LogP contribution >= 0.6 is 0 Å². The van der Waals surface area contributed by atoms with Crippen LogP contribution in [0.15, 0.2) is 54.6 Å². The fourth-order valence-electron chi connectivity index (χ4n) is 2.93. The first-order valence-electron chi connectivity index (χ1n) is 9.10. The van der Waals surface area contributed by atoms with Gasteiger partial charge in [-0.25, -0.2) is 4.39 Å². The summed E-state index contributed by atoms with van der Waals surface area (Å²) in [7, 11) is 0. The highest BCUT2D eigenvalue weighted by atomic mass is 19.1. The Morgan fingerprint density at radius 2 is 1.93 bits per heavy atom. The third-order valence-electron chi connectivity index (χ3n) is 4.27. The average Bonchev–Trinajstić information content (AvgIpc) is 2.67. The summed E-state index contributed by atoms with van der Waals surface area (Å²) < 4.78 is 19.0. The summed E-state index contributed by atoms with van der Waals surface area (Å²) in [6.07, 6.45) is 1.61. The maximum absolute atomic E-state index is 13.4. The number of nitrogens with zero attached hydrogens (tertiary/aromatic N) is 1. The van der Waals surface area contributed by atoms with Crippen LogP contribution in [0.1, 0.15) is 28.0 Å². The van der Waals surface area contributed by atoms with Crippen LogP contribution in [0.3, 0.4) is 0 Å². The number of carbonyl (C=O) groups excluding carboxylic acids is 1. The van der Waals surface area contributed by atoms with Crippen molar-refractivity contribution in [3.05, 3.63) is 77.2 Å². The van der Waals surface area contributed by atoms with Crippen molar-refractivity contribution in [2.75, 3.05) is 19.8 Å². The van der Waals surface area contributed by atoms with Crippen molar-refractivity contribution in [2.45, 2.75) is 19.8 Å². The number of pyridine rings is 1. The second-order valence-corrected chi connectivity index (χ2v) is 6.43. The highest BCUT2D eigenvalue weighted by Crippen LogP contribution is 2.19. The Hall–Kier alpha value is -2.79. The fraction of sp³-hybridized carbons (Fsp3) is 0.273. The van der Waals surface area contributed by atoms with Crippen LogP contribution in [0.25, 0.3) is 10.9 Å². The van der Waals surface area contributed by atoms with E-state index in [4.69, 9.17) is 4.74 Å². The number of carbonyl (C=O) groups is 1. The van der Waals surface area contributed by atoms with Gasteiger partial charge in [0.25, 0.3) is 5.91 Å². The van der Waals surface area contributed by atoms with Crippen molar-refractivity contribution >= 4 is 16.8 Å². The molecule has 0 aliphatic rings. The molecule has 27 heavy (non-hydrogen) atoms. The van der Waals surface area contributed by atoms with E-state index in [1.54, 1.807) is 19.1 Å². The van der Waals surface area contributed by atoms with Gasteiger partial charge in [0.2, 0.25) is 0 Å². The molecule has 0 fully saturated rings. The summed E-state index contributed by atoms with van der Waals surface area (Å²) in [6, 6.07) is 16.2. The number of hydrogen-bond acceptors (Lipinski definition) is 3. The zero-order valence-corrected chi connectivity index (χ0v) is 15.4. The summed E-state index contributed by atoms with van der Waals surface area (Å²) in [5, 5.41) is 3.55. The number of nitrogens with one attached hydrogen (secondary N) is 1. The van der Waals surface area contributed by atoms with Gasteiger partial charge < -0.3 is 10.1 Å². The maximum atomic E-state index is 13.4. The Morgan fingerprint density at radius 3 is 2.74 bits per heavy atom. The van der Waals surface area contributed by atoms with Crippen LogP contribution in [0.4, 0.5) is 4.39 Å². The lowest BCUT2D eigenvalue weighted by molar-refractivity contribution is 0.0943. The molecule has 0 spiro atoms. The lowest BCUT2D eigenvalue weighted by Crippen LogP contribution is -2.25. The molecular weight excluding hydrogens is 343 g/mol. The highest BCUT2D eigenvalue weighted by Gasteiger charge is 2.12. The predicted octanol–water partition coefficient (Wildman–Crippen LogP) is 4.06. The summed E-state index contributed by atoms with van der Waals surface area (Å²) in [5.74, 6) is -0.541. The molecule has 3 aromatic rings. The molecule has 5 heteroatoms. The van der Waals surface area contributed by atoms with Crippen molar-refractivity contribution in [3.63, 3.8) is 0 Å². The minimum atomic E-state index is -0.361. The summed E-state index contributed by atoms with van der Waals surface area (Å²) in [6.45, 7) is 3.57.